The monoisotopic (exact) mass is 209 g/mol. The van der Waals surface area contributed by atoms with E-state index in [1.807, 2.05) is 0 Å². The van der Waals surface area contributed by atoms with Crippen LogP contribution in [0.25, 0.3) is 0 Å². The number of carbonyl (C=O) groups is 1. The van der Waals surface area contributed by atoms with Crippen LogP contribution in [0.2, 0.25) is 0 Å². The highest BCUT2D eigenvalue weighted by molar-refractivity contribution is 5.93. The first-order valence-corrected chi connectivity index (χ1v) is 4.91. The van der Waals surface area contributed by atoms with E-state index >= 15 is 0 Å². The summed E-state index contributed by atoms with van der Waals surface area (Å²) in [5, 5.41) is 2.74. The molecule has 0 aliphatic carbocycles. The summed E-state index contributed by atoms with van der Waals surface area (Å²) in [6.45, 7) is 1.24. The molecular weight excluding hydrogens is 194 g/mol. The van der Waals surface area contributed by atoms with Crippen LogP contribution in [0.1, 0.15) is 23.2 Å². The van der Waals surface area contributed by atoms with E-state index in [2.05, 4.69) is 10.3 Å². The topological polar surface area (TPSA) is 88.0 Å². The average molecular weight is 209 g/mol. The molecule has 1 heterocycles. The van der Waals surface area contributed by atoms with E-state index in [9.17, 15) is 9.59 Å². The molecule has 0 radical (unpaired) electrons. The van der Waals surface area contributed by atoms with Crippen LogP contribution in [0.4, 0.5) is 0 Å². The van der Waals surface area contributed by atoms with E-state index in [1.165, 1.54) is 18.3 Å². The fourth-order valence-electron chi connectivity index (χ4n) is 1.13. The quantitative estimate of drug-likeness (QED) is 0.589. The Morgan fingerprint density at radius 1 is 1.40 bits per heavy atom. The third-order valence-corrected chi connectivity index (χ3v) is 1.96. The lowest BCUT2D eigenvalue weighted by Crippen LogP contribution is -2.25. The number of amides is 1. The predicted octanol–water partition coefficient (Wildman–Crippen LogP) is -0.156. The first kappa shape index (κ1) is 11.5. The molecule has 0 fully saturated rings. The van der Waals surface area contributed by atoms with Gasteiger partial charge >= 0.3 is 0 Å². The summed E-state index contributed by atoms with van der Waals surface area (Å²) in [7, 11) is 0. The molecule has 0 atom stereocenters. The van der Waals surface area contributed by atoms with Gasteiger partial charge in [-0.2, -0.15) is 0 Å². The van der Waals surface area contributed by atoms with Gasteiger partial charge in [0.25, 0.3) is 5.91 Å². The van der Waals surface area contributed by atoms with Gasteiger partial charge in [0.1, 0.15) is 0 Å². The molecular formula is C10H15N3O2. The zero-order valence-electron chi connectivity index (χ0n) is 8.45. The highest BCUT2D eigenvalue weighted by Crippen LogP contribution is 1.93. The summed E-state index contributed by atoms with van der Waals surface area (Å²) in [6.07, 6.45) is 3.16. The van der Waals surface area contributed by atoms with Crippen LogP contribution in [0.3, 0.4) is 0 Å². The van der Waals surface area contributed by atoms with Crippen molar-refractivity contribution in [3.05, 3.63) is 34.2 Å². The molecule has 0 bridgehead atoms. The Balaban J connectivity index is 2.40. The molecule has 0 aromatic carbocycles. The van der Waals surface area contributed by atoms with Crippen molar-refractivity contribution in [2.45, 2.75) is 12.8 Å². The van der Waals surface area contributed by atoms with Gasteiger partial charge in [0.05, 0.1) is 5.56 Å². The zero-order chi connectivity index (χ0) is 11.1. The van der Waals surface area contributed by atoms with Crippen molar-refractivity contribution in [3.63, 3.8) is 0 Å². The number of carbonyl (C=O) groups excluding carboxylic acids is 1. The molecule has 1 rings (SSSR count). The molecule has 1 aromatic rings. The summed E-state index contributed by atoms with van der Waals surface area (Å²) >= 11 is 0. The van der Waals surface area contributed by atoms with E-state index in [-0.39, 0.29) is 11.5 Å². The number of hydrogen-bond acceptors (Lipinski definition) is 3. The number of H-pyrrole nitrogens is 1. The Morgan fingerprint density at radius 2 is 2.20 bits per heavy atom. The van der Waals surface area contributed by atoms with Gasteiger partial charge in [-0.15, -0.1) is 0 Å². The number of nitrogens with one attached hydrogen (secondary N) is 2. The van der Waals surface area contributed by atoms with E-state index < -0.39 is 0 Å². The lowest BCUT2D eigenvalue weighted by molar-refractivity contribution is 0.0952. The van der Waals surface area contributed by atoms with Crippen molar-refractivity contribution in [3.8, 4) is 0 Å². The number of aromatic amines is 1. The van der Waals surface area contributed by atoms with Crippen molar-refractivity contribution in [2.75, 3.05) is 13.1 Å². The molecule has 0 unspecified atom stereocenters. The van der Waals surface area contributed by atoms with Crippen LogP contribution >= 0.6 is 0 Å². The van der Waals surface area contributed by atoms with Crippen molar-refractivity contribution in [2.24, 2.45) is 5.73 Å². The van der Waals surface area contributed by atoms with E-state index in [0.29, 0.717) is 18.7 Å². The van der Waals surface area contributed by atoms with E-state index in [0.717, 1.165) is 12.8 Å². The number of rotatable bonds is 5. The van der Waals surface area contributed by atoms with Crippen LogP contribution < -0.4 is 16.6 Å². The maximum absolute atomic E-state index is 11.5. The van der Waals surface area contributed by atoms with Crippen LogP contribution in [0, 0.1) is 0 Å². The van der Waals surface area contributed by atoms with Gasteiger partial charge in [0.2, 0.25) is 5.56 Å². The molecule has 0 saturated heterocycles. The van der Waals surface area contributed by atoms with Crippen molar-refractivity contribution in [1.82, 2.24) is 10.3 Å². The molecule has 0 saturated carbocycles. The van der Waals surface area contributed by atoms with Crippen molar-refractivity contribution >= 4 is 5.91 Å². The lowest BCUT2D eigenvalue weighted by Gasteiger charge is -2.03. The first-order valence-electron chi connectivity index (χ1n) is 4.91. The smallest absolute Gasteiger partial charge is 0.252 e. The second-order valence-corrected chi connectivity index (χ2v) is 3.19. The minimum atomic E-state index is -0.213. The summed E-state index contributed by atoms with van der Waals surface area (Å²) in [5.74, 6) is -0.178. The van der Waals surface area contributed by atoms with E-state index in [4.69, 9.17) is 5.73 Å². The molecule has 82 valence electrons. The Labute approximate surface area is 87.7 Å². The summed E-state index contributed by atoms with van der Waals surface area (Å²) in [4.78, 5) is 24.6. The molecule has 15 heavy (non-hydrogen) atoms. The minimum absolute atomic E-state index is 0.178. The maximum Gasteiger partial charge on any atom is 0.252 e. The predicted molar refractivity (Wildman–Crippen MR) is 57.7 cm³/mol. The fraction of sp³-hybridized carbons (Fsp3) is 0.400. The van der Waals surface area contributed by atoms with Gasteiger partial charge in [-0.05, 0) is 25.5 Å². The van der Waals surface area contributed by atoms with Gasteiger partial charge in [-0.3, -0.25) is 9.59 Å². The second-order valence-electron chi connectivity index (χ2n) is 3.19. The maximum atomic E-state index is 11.5. The minimum Gasteiger partial charge on any atom is -0.352 e. The fourth-order valence-corrected chi connectivity index (χ4v) is 1.13. The summed E-state index contributed by atoms with van der Waals surface area (Å²) in [6, 6.07) is 2.83. The molecule has 1 aromatic heterocycles. The summed E-state index contributed by atoms with van der Waals surface area (Å²) in [5.41, 5.74) is 5.57. The van der Waals surface area contributed by atoms with Crippen molar-refractivity contribution < 1.29 is 4.79 Å². The third-order valence-electron chi connectivity index (χ3n) is 1.96. The number of nitrogens with two attached hydrogens (primary N) is 1. The highest BCUT2D eigenvalue weighted by Gasteiger charge is 2.03. The molecule has 0 spiro atoms. The SMILES string of the molecule is NCCCCNC(=O)c1ccc(=O)[nH]c1. The van der Waals surface area contributed by atoms with Crippen molar-refractivity contribution in [1.29, 1.82) is 0 Å². The van der Waals surface area contributed by atoms with Crippen LogP contribution in [-0.4, -0.2) is 24.0 Å². The number of pyridine rings is 1. The lowest BCUT2D eigenvalue weighted by atomic mass is 10.2. The van der Waals surface area contributed by atoms with Crippen LogP contribution in [0.5, 0.6) is 0 Å². The van der Waals surface area contributed by atoms with Gasteiger partial charge < -0.3 is 16.0 Å². The number of aromatic nitrogens is 1. The first-order chi connectivity index (χ1) is 7.24. The molecule has 0 aliphatic rings. The van der Waals surface area contributed by atoms with Gasteiger partial charge in [-0.25, -0.2) is 0 Å². The second kappa shape index (κ2) is 5.98. The van der Waals surface area contributed by atoms with E-state index in [1.54, 1.807) is 0 Å². The Kier molecular flexibility index (Phi) is 4.56. The normalized spacial score (nSPS) is 9.93. The molecule has 0 aliphatic heterocycles. The molecule has 5 nitrogen and oxygen atoms in total. The zero-order valence-corrected chi connectivity index (χ0v) is 8.45. The number of unbranched alkanes of at least 4 members (excludes halogenated alkanes) is 1. The Hall–Kier alpha value is -1.62. The van der Waals surface area contributed by atoms with Gasteiger partial charge in [0.15, 0.2) is 0 Å². The third kappa shape index (κ3) is 3.95. The number of hydrogen-bond donors (Lipinski definition) is 3. The molecule has 1 amide bonds. The molecule has 4 N–H and O–H groups in total. The Bertz CT molecular complexity index is 353. The average Bonchev–Trinajstić information content (AvgIpc) is 2.25. The summed E-state index contributed by atoms with van der Waals surface area (Å²) < 4.78 is 0. The highest BCUT2D eigenvalue weighted by atomic mass is 16.1. The molecule has 5 heteroatoms. The van der Waals surface area contributed by atoms with Gasteiger partial charge in [-0.1, -0.05) is 0 Å². The standard InChI is InChI=1S/C10H15N3O2/c11-5-1-2-6-12-10(15)8-3-4-9(14)13-7-8/h3-4,7H,1-2,5-6,11H2,(H,12,15)(H,13,14). The Morgan fingerprint density at radius 3 is 2.80 bits per heavy atom. The van der Waals surface area contributed by atoms with Crippen LogP contribution in [0.15, 0.2) is 23.1 Å². The van der Waals surface area contributed by atoms with Crippen LogP contribution in [-0.2, 0) is 0 Å². The van der Waals surface area contributed by atoms with Gasteiger partial charge in [0, 0.05) is 18.8 Å². The largest absolute Gasteiger partial charge is 0.352 e.